The predicted molar refractivity (Wildman–Crippen MR) is 353 cm³/mol. The van der Waals surface area contributed by atoms with Crippen LogP contribution >= 0.6 is 0 Å². The number of unbranched alkanes of at least 4 members (excludes halogenated alkanes) is 20. The van der Waals surface area contributed by atoms with Crippen LogP contribution in [0, 0.1) is 0 Å². The van der Waals surface area contributed by atoms with Gasteiger partial charge < -0.3 is 28.1 Å². The second kappa shape index (κ2) is 42.1. The van der Waals surface area contributed by atoms with Gasteiger partial charge >= 0.3 is 16.4 Å². The topological polar surface area (TPSA) is 151 Å². The number of hydrogen-bond donors (Lipinski definition) is 0. The van der Waals surface area contributed by atoms with E-state index in [1.807, 2.05) is 0 Å². The lowest BCUT2D eigenvalue weighted by Gasteiger charge is -2.34. The van der Waals surface area contributed by atoms with E-state index in [2.05, 4.69) is 185 Å². The molecule has 0 radical (unpaired) electrons. The zero-order chi connectivity index (χ0) is 66.4. The fraction of sp³-hybridized carbons (Fsp3) is 0.493. The standard InChI is InChI=1S/2C34H47O2S.C3H2F6O6S2/c2*1-3-5-7-9-11-16-28-35-30-20-24-33(25-21-30)37(32-18-14-13-15-19-32)34-26-22-31(23-27-34)36-29-17-12-10-8-6-4-2;4-1(5,2(6,7)16(10,11)12)3(8,9)17(13,14)15/h2*13-15,18-27H,3-12,16-17,28-29H2,1-2H3;(H,10,11,12)(H,13,14,15)/q2*+1;/p-2. The van der Waals surface area contributed by atoms with Gasteiger partial charge in [0.2, 0.25) is 0 Å². The van der Waals surface area contributed by atoms with Gasteiger partial charge in [-0.25, -0.2) is 16.8 Å². The minimum absolute atomic E-state index is 0.167. The average molecular weight is 1350 g/mol. The zero-order valence-corrected chi connectivity index (χ0v) is 56.6. The summed E-state index contributed by atoms with van der Waals surface area (Å²) in [5, 5.41) is -13.9. The van der Waals surface area contributed by atoms with Gasteiger partial charge in [-0.1, -0.05) is 193 Å². The van der Waals surface area contributed by atoms with Crippen LogP contribution in [0.2, 0.25) is 0 Å². The maximum Gasteiger partial charge on any atom is 0.403 e. The summed E-state index contributed by atoms with van der Waals surface area (Å²) in [5.41, 5.74) is 0. The lowest BCUT2D eigenvalue weighted by Crippen LogP contribution is -2.60. The summed E-state index contributed by atoms with van der Waals surface area (Å²) < 4.78 is 156. The Morgan fingerprint density at radius 2 is 0.484 bits per heavy atom. The minimum Gasteiger partial charge on any atom is -0.743 e. The summed E-state index contributed by atoms with van der Waals surface area (Å²) in [7, 11) is -15.0. The monoisotopic (exact) mass is 1350 g/mol. The molecule has 504 valence electrons. The van der Waals surface area contributed by atoms with Crippen molar-refractivity contribution in [2.75, 3.05) is 26.4 Å². The van der Waals surface area contributed by atoms with Gasteiger partial charge in [0.1, 0.15) is 23.0 Å². The Bertz CT molecular complexity index is 2760. The Balaban J connectivity index is 0.000000312. The van der Waals surface area contributed by atoms with Crippen molar-refractivity contribution < 1.29 is 71.2 Å². The van der Waals surface area contributed by atoms with Crippen LogP contribution in [0.25, 0.3) is 0 Å². The summed E-state index contributed by atoms with van der Waals surface area (Å²) >= 11 is 0. The molecule has 0 bridgehead atoms. The second-order valence-electron chi connectivity index (χ2n) is 22.1. The molecule has 0 atom stereocenters. The Hall–Kier alpha value is -5.38. The molecule has 0 saturated heterocycles. The molecule has 0 aliphatic heterocycles. The fourth-order valence-electron chi connectivity index (χ4n) is 9.39. The van der Waals surface area contributed by atoms with E-state index in [1.165, 1.54) is 158 Å². The first-order valence-electron chi connectivity index (χ1n) is 32.2. The maximum atomic E-state index is 12.3. The average Bonchev–Trinajstić information content (AvgIpc) is 0.738. The minimum atomic E-state index is -7.32. The van der Waals surface area contributed by atoms with Crippen LogP contribution in [0.3, 0.4) is 0 Å². The predicted octanol–water partition coefficient (Wildman–Crippen LogP) is 20.4. The smallest absolute Gasteiger partial charge is 0.403 e. The van der Waals surface area contributed by atoms with Crippen molar-refractivity contribution >= 4 is 42.0 Å². The van der Waals surface area contributed by atoms with Gasteiger partial charge in [-0.15, -0.1) is 0 Å². The zero-order valence-electron chi connectivity index (χ0n) is 53.3. The second-order valence-corrected chi connectivity index (χ2v) is 29.0. The van der Waals surface area contributed by atoms with Gasteiger partial charge in [0.15, 0.2) is 49.6 Å². The SMILES string of the molecule is CCCCCCCCOc1ccc([S+](c2ccccc2)c2ccc(OCCCCCCCC)cc2)cc1.CCCCCCCCOc1ccc([S+](c2ccccc2)c2ccc(OCCCCCCCC)cc2)cc1.O=S(=O)([O-])C(F)(F)C(F)(F)C(F)(F)S(=O)(=O)[O-]. The van der Waals surface area contributed by atoms with Crippen molar-refractivity contribution in [3.63, 3.8) is 0 Å². The summed E-state index contributed by atoms with van der Waals surface area (Å²) in [6.07, 6.45) is 30.8. The van der Waals surface area contributed by atoms with Crippen LogP contribution in [0.4, 0.5) is 26.3 Å². The van der Waals surface area contributed by atoms with Gasteiger partial charge in [0, 0.05) is 0 Å². The van der Waals surface area contributed by atoms with Crippen molar-refractivity contribution in [3.05, 3.63) is 158 Å². The lowest BCUT2D eigenvalue weighted by atomic mass is 10.1. The molecule has 91 heavy (non-hydrogen) atoms. The molecule has 0 amide bonds. The number of ether oxygens (including phenoxy) is 4. The van der Waals surface area contributed by atoms with Crippen molar-refractivity contribution in [1.82, 2.24) is 0 Å². The highest BCUT2D eigenvalue weighted by molar-refractivity contribution is 7.97. The highest BCUT2D eigenvalue weighted by atomic mass is 32.2. The van der Waals surface area contributed by atoms with Gasteiger partial charge in [-0.2, -0.15) is 26.3 Å². The highest BCUT2D eigenvalue weighted by Gasteiger charge is 2.78. The number of rotatable bonds is 42. The third-order valence-electron chi connectivity index (χ3n) is 14.6. The molecule has 0 heterocycles. The molecule has 0 aliphatic rings. The first-order valence-corrected chi connectivity index (χ1v) is 37.4. The Morgan fingerprint density at radius 1 is 0.297 bits per heavy atom. The number of benzene rings is 6. The Morgan fingerprint density at radius 3 is 0.681 bits per heavy atom. The Labute approximate surface area is 544 Å². The molecule has 0 unspecified atom stereocenters. The van der Waals surface area contributed by atoms with E-state index in [9.17, 15) is 52.3 Å². The highest BCUT2D eigenvalue weighted by Crippen LogP contribution is 2.50. The summed E-state index contributed by atoms with van der Waals surface area (Å²) in [6.45, 7) is 12.3. The van der Waals surface area contributed by atoms with E-state index in [-0.39, 0.29) is 21.8 Å². The third-order valence-corrected chi connectivity index (χ3v) is 20.9. The first kappa shape index (κ1) is 78.1. The van der Waals surface area contributed by atoms with Gasteiger partial charge in [0.25, 0.3) is 0 Å². The molecular weight excluding hydrogens is 1260 g/mol. The molecule has 0 N–H and O–H groups in total. The largest absolute Gasteiger partial charge is 0.743 e. The van der Waals surface area contributed by atoms with Crippen LogP contribution in [-0.4, -0.2) is 68.8 Å². The maximum absolute atomic E-state index is 12.3. The molecular formula is C71H94F6O10S4. The number of hydrogen-bond acceptors (Lipinski definition) is 10. The van der Waals surface area contributed by atoms with Gasteiger partial charge in [-0.05, 0) is 147 Å². The lowest BCUT2D eigenvalue weighted by molar-refractivity contribution is -0.247. The molecule has 0 fully saturated rings. The first-order chi connectivity index (χ1) is 43.6. The third kappa shape index (κ3) is 26.9. The van der Waals surface area contributed by atoms with E-state index in [0.29, 0.717) is 0 Å². The fourth-order valence-corrected chi connectivity index (χ4v) is 14.5. The van der Waals surface area contributed by atoms with Crippen LogP contribution < -0.4 is 18.9 Å². The summed E-state index contributed by atoms with van der Waals surface area (Å²) in [5.74, 6) is -3.35. The quantitative estimate of drug-likeness (QED) is 0.0157. The summed E-state index contributed by atoms with van der Waals surface area (Å²) in [4.78, 5) is 7.86. The van der Waals surface area contributed by atoms with Crippen LogP contribution in [-0.2, 0) is 42.0 Å². The molecule has 6 aromatic carbocycles. The van der Waals surface area contributed by atoms with Crippen LogP contribution in [0.15, 0.2) is 187 Å². The molecule has 20 heteroatoms. The van der Waals surface area contributed by atoms with Gasteiger partial charge in [0.05, 0.1) is 48.2 Å². The van der Waals surface area contributed by atoms with Crippen molar-refractivity contribution in [2.45, 2.75) is 228 Å². The summed E-state index contributed by atoms with van der Waals surface area (Å²) in [6, 6.07) is 56.5. The molecule has 6 rings (SSSR count). The van der Waals surface area contributed by atoms with E-state index in [1.54, 1.807) is 0 Å². The van der Waals surface area contributed by atoms with Crippen molar-refractivity contribution in [1.29, 1.82) is 0 Å². The normalized spacial score (nSPS) is 12.0. The van der Waals surface area contributed by atoms with E-state index in [4.69, 9.17) is 18.9 Å². The molecule has 0 aromatic heterocycles. The molecule has 0 aliphatic carbocycles. The van der Waals surface area contributed by atoms with Gasteiger partial charge in [-0.3, -0.25) is 0 Å². The number of halogens is 6. The van der Waals surface area contributed by atoms with Crippen molar-refractivity contribution in [2.24, 2.45) is 0 Å². The molecule has 10 nitrogen and oxygen atoms in total. The molecule has 0 spiro atoms. The number of alkyl halides is 6. The Kier molecular flexibility index (Phi) is 36.1. The van der Waals surface area contributed by atoms with Crippen LogP contribution in [0.1, 0.15) is 182 Å². The van der Waals surface area contributed by atoms with E-state index >= 15 is 0 Å². The van der Waals surface area contributed by atoms with Crippen molar-refractivity contribution in [3.8, 4) is 23.0 Å². The van der Waals surface area contributed by atoms with E-state index in [0.717, 1.165) is 75.1 Å². The molecule has 6 aromatic rings. The van der Waals surface area contributed by atoms with E-state index < -0.39 is 36.7 Å². The molecule has 0 saturated carbocycles. The van der Waals surface area contributed by atoms with Crippen LogP contribution in [0.5, 0.6) is 23.0 Å².